The summed E-state index contributed by atoms with van der Waals surface area (Å²) in [6, 6.07) is 4.88. The van der Waals surface area contributed by atoms with Crippen LogP contribution in [0.25, 0.3) is 0 Å². The maximum Gasteiger partial charge on any atom is 0.573 e. The van der Waals surface area contributed by atoms with Gasteiger partial charge in [-0.3, -0.25) is 4.79 Å². The van der Waals surface area contributed by atoms with Gasteiger partial charge in [-0.1, -0.05) is 0 Å². The molecule has 0 radical (unpaired) electrons. The Balaban J connectivity index is 2.34. The van der Waals surface area contributed by atoms with Crippen LogP contribution in [0.2, 0.25) is 0 Å². The van der Waals surface area contributed by atoms with E-state index in [1.165, 1.54) is 28.6 Å². The molecule has 2 aromatic rings. The number of aromatic nitrogens is 3. The Morgan fingerprint density at radius 3 is 2.32 bits per heavy atom. The summed E-state index contributed by atoms with van der Waals surface area (Å²) in [5.74, 6) is -0.518. The number of hydrogen-bond donors (Lipinski definition) is 0. The number of aryl methyl sites for hydroxylation is 1. The van der Waals surface area contributed by atoms with E-state index in [0.29, 0.717) is 5.69 Å². The van der Waals surface area contributed by atoms with Gasteiger partial charge in [-0.15, -0.1) is 18.3 Å². The molecule has 1 heterocycles. The SMILES string of the molecule is CC(=O)N(c1ccc(OC(F)(F)F)cc1)c1nc(Br)nn1C. The molecule has 0 fully saturated rings. The Morgan fingerprint density at radius 1 is 1.32 bits per heavy atom. The molecule has 0 aliphatic rings. The monoisotopic (exact) mass is 378 g/mol. The van der Waals surface area contributed by atoms with E-state index in [2.05, 4.69) is 30.7 Å². The summed E-state index contributed by atoms with van der Waals surface area (Å²) in [6.45, 7) is 1.31. The number of alkyl halides is 3. The van der Waals surface area contributed by atoms with Crippen molar-refractivity contribution in [2.45, 2.75) is 13.3 Å². The number of carbonyl (C=O) groups excluding carboxylic acids is 1. The number of anilines is 2. The molecule has 1 aromatic carbocycles. The second-order valence-electron chi connectivity index (χ2n) is 4.20. The fourth-order valence-electron chi connectivity index (χ4n) is 1.78. The van der Waals surface area contributed by atoms with Crippen LogP contribution in [0, 0.1) is 0 Å². The molecule has 0 aliphatic heterocycles. The maximum atomic E-state index is 12.1. The molecule has 1 aromatic heterocycles. The number of hydrogen-bond acceptors (Lipinski definition) is 4. The van der Waals surface area contributed by atoms with Crippen LogP contribution in [0.15, 0.2) is 29.0 Å². The summed E-state index contributed by atoms with van der Waals surface area (Å²) in [6.07, 6.45) is -4.77. The summed E-state index contributed by atoms with van der Waals surface area (Å²) in [4.78, 5) is 17.1. The lowest BCUT2D eigenvalue weighted by Crippen LogP contribution is -2.26. The van der Waals surface area contributed by atoms with Crippen molar-refractivity contribution in [2.24, 2.45) is 7.05 Å². The topological polar surface area (TPSA) is 60.3 Å². The third kappa shape index (κ3) is 3.75. The van der Waals surface area contributed by atoms with Crippen molar-refractivity contribution in [3.05, 3.63) is 29.0 Å². The van der Waals surface area contributed by atoms with Gasteiger partial charge in [0.25, 0.3) is 0 Å². The van der Waals surface area contributed by atoms with E-state index in [1.807, 2.05) is 0 Å². The van der Waals surface area contributed by atoms with E-state index in [0.717, 1.165) is 12.1 Å². The molecule has 1 amide bonds. The Kier molecular flexibility index (Phi) is 4.40. The van der Waals surface area contributed by atoms with Crippen molar-refractivity contribution in [3.8, 4) is 5.75 Å². The fourth-order valence-corrected chi connectivity index (χ4v) is 2.17. The normalized spacial score (nSPS) is 11.4. The maximum absolute atomic E-state index is 12.1. The third-order valence-corrected chi connectivity index (χ3v) is 2.89. The molecule has 10 heteroatoms. The summed E-state index contributed by atoms with van der Waals surface area (Å²) in [5, 5.41) is 3.96. The Bertz CT molecular complexity index is 685. The average molecular weight is 379 g/mol. The summed E-state index contributed by atoms with van der Waals surface area (Å²) >= 11 is 3.09. The first kappa shape index (κ1) is 16.3. The number of ether oxygens (including phenoxy) is 1. The first-order valence-electron chi connectivity index (χ1n) is 5.90. The molecule has 0 unspecified atom stereocenters. The van der Waals surface area contributed by atoms with Crippen molar-refractivity contribution in [1.29, 1.82) is 0 Å². The van der Waals surface area contributed by atoms with E-state index in [1.54, 1.807) is 7.05 Å². The Morgan fingerprint density at radius 2 is 1.91 bits per heavy atom. The largest absolute Gasteiger partial charge is 0.573 e. The highest BCUT2D eigenvalue weighted by Gasteiger charge is 2.31. The molecular formula is C12H10BrF3N4O2. The summed E-state index contributed by atoms with van der Waals surface area (Å²) < 4.78 is 41.8. The van der Waals surface area contributed by atoms with Gasteiger partial charge in [0.2, 0.25) is 16.6 Å². The third-order valence-electron chi connectivity index (χ3n) is 2.56. The minimum atomic E-state index is -4.77. The quantitative estimate of drug-likeness (QED) is 0.822. The summed E-state index contributed by atoms with van der Waals surface area (Å²) in [7, 11) is 1.59. The van der Waals surface area contributed by atoms with Crippen molar-refractivity contribution >= 4 is 33.5 Å². The van der Waals surface area contributed by atoms with Crippen LogP contribution in [0.4, 0.5) is 24.8 Å². The van der Waals surface area contributed by atoms with Crippen LogP contribution >= 0.6 is 15.9 Å². The van der Waals surface area contributed by atoms with Crippen LogP contribution in [-0.2, 0) is 11.8 Å². The molecule has 22 heavy (non-hydrogen) atoms. The average Bonchev–Trinajstić information content (AvgIpc) is 2.69. The van der Waals surface area contributed by atoms with Gasteiger partial charge in [0.05, 0.1) is 5.69 Å². The van der Waals surface area contributed by atoms with Crippen molar-refractivity contribution in [2.75, 3.05) is 4.90 Å². The lowest BCUT2D eigenvalue weighted by atomic mass is 10.2. The summed E-state index contributed by atoms with van der Waals surface area (Å²) in [5.41, 5.74) is 0.338. The van der Waals surface area contributed by atoms with E-state index in [4.69, 9.17) is 0 Å². The molecule has 0 N–H and O–H groups in total. The minimum absolute atomic E-state index is 0.226. The van der Waals surface area contributed by atoms with Gasteiger partial charge in [0.15, 0.2) is 0 Å². The highest BCUT2D eigenvalue weighted by molar-refractivity contribution is 9.10. The van der Waals surface area contributed by atoms with Crippen LogP contribution in [0.1, 0.15) is 6.92 Å². The molecule has 118 valence electrons. The number of nitrogens with zero attached hydrogens (tertiary/aromatic N) is 4. The van der Waals surface area contributed by atoms with Gasteiger partial charge in [-0.05, 0) is 40.2 Å². The van der Waals surface area contributed by atoms with Crippen LogP contribution in [-0.4, -0.2) is 27.0 Å². The van der Waals surface area contributed by atoms with Crippen LogP contribution in [0.5, 0.6) is 5.75 Å². The molecule has 0 saturated carbocycles. The lowest BCUT2D eigenvalue weighted by molar-refractivity contribution is -0.274. The van der Waals surface area contributed by atoms with Crippen LogP contribution in [0.3, 0.4) is 0 Å². The zero-order valence-electron chi connectivity index (χ0n) is 11.4. The van der Waals surface area contributed by atoms with Gasteiger partial charge < -0.3 is 4.74 Å². The second-order valence-corrected chi connectivity index (χ2v) is 4.91. The standard InChI is InChI=1S/C12H10BrF3N4O2/c1-7(21)20(11-17-10(13)18-19(11)2)8-3-5-9(6-4-8)22-12(14,15)16/h3-6H,1-2H3. The number of amides is 1. The molecule has 0 saturated heterocycles. The predicted octanol–water partition coefficient (Wildman–Crippen LogP) is 3.16. The first-order chi connectivity index (χ1) is 10.2. The van der Waals surface area contributed by atoms with Crippen molar-refractivity contribution < 1.29 is 22.7 Å². The van der Waals surface area contributed by atoms with Gasteiger partial charge in [-0.2, -0.15) is 4.98 Å². The van der Waals surface area contributed by atoms with E-state index < -0.39 is 6.36 Å². The molecule has 6 nitrogen and oxygen atoms in total. The lowest BCUT2D eigenvalue weighted by Gasteiger charge is -2.19. The minimum Gasteiger partial charge on any atom is -0.406 e. The van der Waals surface area contributed by atoms with Gasteiger partial charge in [-0.25, -0.2) is 9.58 Å². The van der Waals surface area contributed by atoms with Gasteiger partial charge in [0.1, 0.15) is 5.75 Å². The Labute approximate surface area is 131 Å². The number of halogens is 4. The zero-order valence-corrected chi connectivity index (χ0v) is 13.0. The van der Waals surface area contributed by atoms with Gasteiger partial charge in [0, 0.05) is 14.0 Å². The van der Waals surface area contributed by atoms with Crippen molar-refractivity contribution in [1.82, 2.24) is 14.8 Å². The number of rotatable bonds is 3. The number of carbonyl (C=O) groups is 1. The van der Waals surface area contributed by atoms with Crippen molar-refractivity contribution in [3.63, 3.8) is 0 Å². The smallest absolute Gasteiger partial charge is 0.406 e. The molecule has 0 bridgehead atoms. The molecule has 0 aliphatic carbocycles. The molecular weight excluding hydrogens is 369 g/mol. The van der Waals surface area contributed by atoms with E-state index in [9.17, 15) is 18.0 Å². The highest BCUT2D eigenvalue weighted by atomic mass is 79.9. The molecule has 2 rings (SSSR count). The fraction of sp³-hybridized carbons (Fsp3) is 0.250. The predicted molar refractivity (Wildman–Crippen MR) is 74.6 cm³/mol. The highest BCUT2D eigenvalue weighted by Crippen LogP contribution is 2.29. The Hall–Kier alpha value is -2.10. The zero-order chi connectivity index (χ0) is 16.5. The van der Waals surface area contributed by atoms with E-state index >= 15 is 0 Å². The second kappa shape index (κ2) is 5.95. The molecule has 0 spiro atoms. The van der Waals surface area contributed by atoms with E-state index in [-0.39, 0.29) is 22.3 Å². The first-order valence-corrected chi connectivity index (χ1v) is 6.70. The molecule has 0 atom stereocenters. The van der Waals surface area contributed by atoms with Gasteiger partial charge >= 0.3 is 6.36 Å². The van der Waals surface area contributed by atoms with Crippen LogP contribution < -0.4 is 9.64 Å². The number of benzene rings is 1.